The Hall–Kier alpha value is -2.53. The van der Waals surface area contributed by atoms with Crippen LogP contribution in [0.2, 0.25) is 0 Å². The summed E-state index contributed by atoms with van der Waals surface area (Å²) >= 11 is 0. The molecule has 0 spiro atoms. The zero-order valence-corrected chi connectivity index (χ0v) is 12.1. The van der Waals surface area contributed by atoms with E-state index in [-0.39, 0.29) is 12.3 Å². The molecule has 1 fully saturated rings. The van der Waals surface area contributed by atoms with Crippen molar-refractivity contribution in [2.75, 3.05) is 18.0 Å². The van der Waals surface area contributed by atoms with Gasteiger partial charge in [0.25, 0.3) is 0 Å². The zero-order chi connectivity index (χ0) is 15.5. The van der Waals surface area contributed by atoms with Crippen LogP contribution in [0.4, 0.5) is 10.5 Å². The zero-order valence-electron chi connectivity index (χ0n) is 12.1. The molecule has 7 nitrogen and oxygen atoms in total. The summed E-state index contributed by atoms with van der Waals surface area (Å²) in [5, 5.41) is 3.43. The number of hydrogen-bond donors (Lipinski definition) is 0. The van der Waals surface area contributed by atoms with Crippen LogP contribution < -0.4 is 4.90 Å². The standard InChI is InChI=1S/C15H16N4O3/c16-18-17-8-12-9-19(15(21)22-12)11-6-5-10-3-1-2-4-14(20)13(10)7-11/h5-7,12H,1-4,8-9H2. The van der Waals surface area contributed by atoms with Gasteiger partial charge in [-0.25, -0.2) is 4.79 Å². The number of nitrogens with zero attached hydrogens (tertiary/aromatic N) is 4. The molecule has 22 heavy (non-hydrogen) atoms. The predicted molar refractivity (Wildman–Crippen MR) is 80.0 cm³/mol. The molecule has 3 rings (SSSR count). The first-order chi connectivity index (χ1) is 10.7. The van der Waals surface area contributed by atoms with Gasteiger partial charge in [0.15, 0.2) is 5.78 Å². The summed E-state index contributed by atoms with van der Waals surface area (Å²) in [6.07, 6.45) is 2.45. The van der Waals surface area contributed by atoms with Crippen LogP contribution in [0, 0.1) is 0 Å². The number of benzene rings is 1. The van der Waals surface area contributed by atoms with Crippen molar-refractivity contribution in [3.8, 4) is 0 Å². The fourth-order valence-corrected chi connectivity index (χ4v) is 2.90. The van der Waals surface area contributed by atoms with Gasteiger partial charge in [0.2, 0.25) is 0 Å². The molecule has 1 aliphatic heterocycles. The number of rotatable bonds is 3. The molecule has 7 heteroatoms. The number of anilines is 1. The lowest BCUT2D eigenvalue weighted by Gasteiger charge is -2.15. The highest BCUT2D eigenvalue weighted by Gasteiger charge is 2.32. The maximum Gasteiger partial charge on any atom is 0.414 e. The Balaban J connectivity index is 1.85. The van der Waals surface area contributed by atoms with E-state index in [9.17, 15) is 9.59 Å². The lowest BCUT2D eigenvalue weighted by Crippen LogP contribution is -2.25. The van der Waals surface area contributed by atoms with Gasteiger partial charge in [-0.2, -0.15) is 0 Å². The summed E-state index contributed by atoms with van der Waals surface area (Å²) in [5.41, 5.74) is 10.7. The Morgan fingerprint density at radius 2 is 2.14 bits per heavy atom. The number of ether oxygens (including phenoxy) is 1. The molecule has 114 valence electrons. The van der Waals surface area contributed by atoms with E-state index in [0.29, 0.717) is 24.2 Å². The molecule has 1 aromatic rings. The summed E-state index contributed by atoms with van der Waals surface area (Å²) in [7, 11) is 0. The average Bonchev–Trinajstić information content (AvgIpc) is 2.79. The van der Waals surface area contributed by atoms with Gasteiger partial charge in [0.05, 0.1) is 13.1 Å². The quantitative estimate of drug-likeness (QED) is 0.371. The third-order valence-electron chi connectivity index (χ3n) is 4.03. The molecule has 1 aromatic carbocycles. The Morgan fingerprint density at radius 3 is 2.95 bits per heavy atom. The molecule has 1 unspecified atom stereocenters. The third kappa shape index (κ3) is 2.76. The number of hydrogen-bond acceptors (Lipinski definition) is 4. The minimum atomic E-state index is -0.473. The Morgan fingerprint density at radius 1 is 1.32 bits per heavy atom. The molecular weight excluding hydrogens is 284 g/mol. The highest BCUT2D eigenvalue weighted by molar-refractivity contribution is 6.00. The van der Waals surface area contributed by atoms with Crippen LogP contribution in [0.1, 0.15) is 35.2 Å². The number of ketones is 1. The van der Waals surface area contributed by atoms with E-state index >= 15 is 0 Å². The number of carbonyl (C=O) groups excluding carboxylic acids is 2. The van der Waals surface area contributed by atoms with E-state index in [1.54, 1.807) is 6.07 Å². The van der Waals surface area contributed by atoms with E-state index in [2.05, 4.69) is 10.0 Å². The van der Waals surface area contributed by atoms with Crippen molar-refractivity contribution < 1.29 is 14.3 Å². The highest BCUT2D eigenvalue weighted by Crippen LogP contribution is 2.28. The van der Waals surface area contributed by atoms with Crippen molar-refractivity contribution in [1.82, 2.24) is 0 Å². The van der Waals surface area contributed by atoms with Crippen molar-refractivity contribution in [2.24, 2.45) is 5.11 Å². The van der Waals surface area contributed by atoms with Gasteiger partial charge in [0.1, 0.15) is 6.10 Å². The Bertz CT molecular complexity index is 667. The number of amides is 1. The van der Waals surface area contributed by atoms with Crippen LogP contribution in [0.25, 0.3) is 10.4 Å². The second-order valence-corrected chi connectivity index (χ2v) is 5.50. The van der Waals surface area contributed by atoms with Crippen molar-refractivity contribution in [3.05, 3.63) is 39.8 Å². The van der Waals surface area contributed by atoms with Crippen LogP contribution in [-0.2, 0) is 11.2 Å². The molecule has 2 aliphatic rings. The van der Waals surface area contributed by atoms with Crippen LogP contribution in [0.3, 0.4) is 0 Å². The SMILES string of the molecule is [N-]=[N+]=NCC1CN(c2ccc3c(c2)C(=O)CCCC3)C(=O)O1. The molecule has 1 amide bonds. The van der Waals surface area contributed by atoms with Crippen molar-refractivity contribution in [1.29, 1.82) is 0 Å². The first kappa shape index (κ1) is 14.4. The smallest absolute Gasteiger partial charge is 0.414 e. The van der Waals surface area contributed by atoms with Crippen LogP contribution in [0.5, 0.6) is 0 Å². The lowest BCUT2D eigenvalue weighted by molar-refractivity contribution is 0.0982. The monoisotopic (exact) mass is 300 g/mol. The molecule has 0 bridgehead atoms. The summed E-state index contributed by atoms with van der Waals surface area (Å²) in [4.78, 5) is 28.3. The van der Waals surface area contributed by atoms with Crippen LogP contribution >= 0.6 is 0 Å². The summed E-state index contributed by atoms with van der Waals surface area (Å²) < 4.78 is 5.16. The molecule has 0 radical (unpaired) electrons. The molecule has 0 aromatic heterocycles. The van der Waals surface area contributed by atoms with Crippen LogP contribution in [0.15, 0.2) is 23.3 Å². The largest absolute Gasteiger partial charge is 0.444 e. The Labute approximate surface area is 127 Å². The van der Waals surface area contributed by atoms with Crippen LogP contribution in [-0.4, -0.2) is 31.1 Å². The van der Waals surface area contributed by atoms with E-state index in [4.69, 9.17) is 10.3 Å². The minimum Gasteiger partial charge on any atom is -0.444 e. The first-order valence-electron chi connectivity index (χ1n) is 7.34. The molecule has 1 atom stereocenters. The van der Waals surface area contributed by atoms with Gasteiger partial charge in [-0.05, 0) is 42.5 Å². The van der Waals surface area contributed by atoms with E-state index in [1.165, 1.54) is 4.90 Å². The maximum atomic E-state index is 12.2. The van der Waals surface area contributed by atoms with Gasteiger partial charge in [-0.3, -0.25) is 9.69 Å². The summed E-state index contributed by atoms with van der Waals surface area (Å²) in [5.74, 6) is 0.132. The first-order valence-corrected chi connectivity index (χ1v) is 7.34. The topological polar surface area (TPSA) is 95.4 Å². The second-order valence-electron chi connectivity index (χ2n) is 5.50. The minimum absolute atomic E-state index is 0.114. The number of aryl methyl sites for hydroxylation is 1. The lowest BCUT2D eigenvalue weighted by atomic mass is 10.0. The predicted octanol–water partition coefficient (Wildman–Crippen LogP) is 3.23. The number of azide groups is 1. The summed E-state index contributed by atoms with van der Waals surface area (Å²) in [6.45, 7) is 0.438. The second kappa shape index (κ2) is 6.07. The molecule has 0 saturated carbocycles. The molecule has 1 heterocycles. The third-order valence-corrected chi connectivity index (χ3v) is 4.03. The van der Waals surface area contributed by atoms with E-state index in [0.717, 1.165) is 24.8 Å². The van der Waals surface area contributed by atoms with Crippen molar-refractivity contribution in [2.45, 2.75) is 31.8 Å². The van der Waals surface area contributed by atoms with E-state index < -0.39 is 12.2 Å². The van der Waals surface area contributed by atoms with Crippen molar-refractivity contribution >= 4 is 17.6 Å². The Kier molecular flexibility index (Phi) is 3.98. The van der Waals surface area contributed by atoms with Gasteiger partial charge < -0.3 is 4.74 Å². The van der Waals surface area contributed by atoms with Gasteiger partial charge >= 0.3 is 6.09 Å². The fourth-order valence-electron chi connectivity index (χ4n) is 2.90. The number of fused-ring (bicyclic) bond motifs is 1. The van der Waals surface area contributed by atoms with Gasteiger partial charge in [-0.1, -0.05) is 11.2 Å². The molecule has 1 aliphatic carbocycles. The maximum absolute atomic E-state index is 12.2. The molecular formula is C15H16N4O3. The molecule has 1 saturated heterocycles. The number of carbonyl (C=O) groups is 2. The normalized spacial score (nSPS) is 20.9. The van der Waals surface area contributed by atoms with Gasteiger partial charge in [0, 0.05) is 22.6 Å². The van der Waals surface area contributed by atoms with E-state index in [1.807, 2.05) is 12.1 Å². The number of Topliss-reactive ketones (excluding diaryl/α,β-unsaturated/α-hetero) is 1. The molecule has 0 N–H and O–H groups in total. The average molecular weight is 300 g/mol. The van der Waals surface area contributed by atoms with Gasteiger partial charge in [-0.15, -0.1) is 0 Å². The fraction of sp³-hybridized carbons (Fsp3) is 0.467. The number of cyclic esters (lactones) is 1. The summed E-state index contributed by atoms with van der Waals surface area (Å²) in [6, 6.07) is 5.54. The van der Waals surface area contributed by atoms with Crippen molar-refractivity contribution in [3.63, 3.8) is 0 Å². The highest BCUT2D eigenvalue weighted by atomic mass is 16.6.